The van der Waals surface area contributed by atoms with Gasteiger partial charge in [-0.3, -0.25) is 0 Å². The molecule has 3 N–H and O–H groups in total. The van der Waals surface area contributed by atoms with Crippen LogP contribution in [0.2, 0.25) is 0 Å². The lowest BCUT2D eigenvalue weighted by Gasteiger charge is -2.15. The van der Waals surface area contributed by atoms with Gasteiger partial charge in [0.05, 0.1) is 10.6 Å². The van der Waals surface area contributed by atoms with Crippen molar-refractivity contribution < 1.29 is 16.8 Å². The number of primary sulfonamides is 1. The summed E-state index contributed by atoms with van der Waals surface area (Å²) in [5.74, 6) is -0.146. The zero-order valence-corrected chi connectivity index (χ0v) is 14.1. The molecule has 23 heavy (non-hydrogen) atoms. The molecule has 1 atom stereocenters. The average Bonchev–Trinajstić information content (AvgIpc) is 2.46. The highest BCUT2D eigenvalue weighted by Gasteiger charge is 2.18. The van der Waals surface area contributed by atoms with Gasteiger partial charge >= 0.3 is 0 Å². The van der Waals surface area contributed by atoms with E-state index in [1.807, 2.05) is 6.07 Å². The van der Waals surface area contributed by atoms with Crippen molar-refractivity contribution in [2.45, 2.75) is 23.6 Å². The van der Waals surface area contributed by atoms with Gasteiger partial charge in [0.2, 0.25) is 20.0 Å². The smallest absolute Gasteiger partial charge is 0.225 e. The van der Waals surface area contributed by atoms with Crippen LogP contribution in [0.25, 0.3) is 0 Å². The Morgan fingerprint density at radius 1 is 1.00 bits per heavy atom. The molecule has 8 heteroatoms. The summed E-state index contributed by atoms with van der Waals surface area (Å²) >= 11 is 0. The molecule has 0 radical (unpaired) electrons. The van der Waals surface area contributed by atoms with Crippen LogP contribution in [-0.2, 0) is 25.8 Å². The van der Waals surface area contributed by atoms with Crippen molar-refractivity contribution in [1.82, 2.24) is 4.72 Å². The van der Waals surface area contributed by atoms with Crippen LogP contribution in [0.4, 0.5) is 0 Å². The molecule has 2 rings (SSSR count). The Hall–Kier alpha value is -1.74. The Labute approximate surface area is 136 Å². The highest BCUT2D eigenvalue weighted by atomic mass is 32.2. The summed E-state index contributed by atoms with van der Waals surface area (Å²) in [4.78, 5) is -0.0518. The molecule has 0 saturated carbocycles. The fourth-order valence-electron chi connectivity index (χ4n) is 2.13. The second kappa shape index (κ2) is 6.79. The predicted octanol–water partition coefficient (Wildman–Crippen LogP) is 1.51. The van der Waals surface area contributed by atoms with Gasteiger partial charge in [-0.2, -0.15) is 0 Å². The largest absolute Gasteiger partial charge is 0.238 e. The number of rotatable bonds is 6. The Kier molecular flexibility index (Phi) is 5.20. The zero-order valence-electron chi connectivity index (χ0n) is 12.5. The summed E-state index contributed by atoms with van der Waals surface area (Å²) < 4.78 is 49.7. The van der Waals surface area contributed by atoms with E-state index in [1.54, 1.807) is 37.3 Å². The van der Waals surface area contributed by atoms with Gasteiger partial charge in [0.1, 0.15) is 0 Å². The van der Waals surface area contributed by atoms with Crippen molar-refractivity contribution in [2.24, 2.45) is 5.14 Å². The molecular weight excluding hydrogens is 336 g/mol. The summed E-state index contributed by atoms with van der Waals surface area (Å²) in [6, 6.07) is 14.1. The second-order valence-electron chi connectivity index (χ2n) is 5.20. The first-order chi connectivity index (χ1) is 10.7. The number of benzene rings is 2. The minimum Gasteiger partial charge on any atom is -0.225 e. The SMILES string of the molecule is C[C@H](NS(=O)(=O)Cc1ccccc1)c1cccc(S(N)(=O)=O)c1. The van der Waals surface area contributed by atoms with Crippen LogP contribution < -0.4 is 9.86 Å². The molecule has 0 aliphatic heterocycles. The first kappa shape index (κ1) is 17.6. The molecule has 0 aliphatic carbocycles. The molecule has 0 unspecified atom stereocenters. The predicted molar refractivity (Wildman–Crippen MR) is 88.4 cm³/mol. The lowest BCUT2D eigenvalue weighted by atomic mass is 10.1. The lowest BCUT2D eigenvalue weighted by Crippen LogP contribution is -2.28. The number of nitrogens with one attached hydrogen (secondary N) is 1. The fourth-order valence-corrected chi connectivity index (χ4v) is 4.09. The summed E-state index contributed by atoms with van der Waals surface area (Å²) in [5, 5.41) is 5.09. The maximum absolute atomic E-state index is 12.2. The summed E-state index contributed by atoms with van der Waals surface area (Å²) in [6.45, 7) is 1.64. The standard InChI is InChI=1S/C15H18N2O4S2/c1-12(14-8-5-9-15(10-14)23(16,20)21)17-22(18,19)11-13-6-3-2-4-7-13/h2-10,12,17H,11H2,1H3,(H2,16,20,21)/t12-/m0/s1. The molecule has 0 amide bonds. The Balaban J connectivity index is 2.17. The van der Waals surface area contributed by atoms with Gasteiger partial charge in [-0.1, -0.05) is 42.5 Å². The van der Waals surface area contributed by atoms with Crippen molar-refractivity contribution in [3.8, 4) is 0 Å². The quantitative estimate of drug-likeness (QED) is 0.820. The van der Waals surface area contributed by atoms with Crippen LogP contribution in [-0.4, -0.2) is 16.8 Å². The van der Waals surface area contributed by atoms with Gasteiger partial charge in [0.15, 0.2) is 0 Å². The minimum absolute atomic E-state index is 0.0518. The van der Waals surface area contributed by atoms with E-state index in [9.17, 15) is 16.8 Å². The summed E-state index contributed by atoms with van der Waals surface area (Å²) in [5.41, 5.74) is 1.19. The van der Waals surface area contributed by atoms with E-state index in [0.717, 1.165) is 0 Å². The highest BCUT2D eigenvalue weighted by Crippen LogP contribution is 2.18. The van der Waals surface area contributed by atoms with Gasteiger partial charge in [-0.25, -0.2) is 26.7 Å². The third-order valence-electron chi connectivity index (χ3n) is 3.24. The van der Waals surface area contributed by atoms with Gasteiger partial charge in [-0.15, -0.1) is 0 Å². The maximum Gasteiger partial charge on any atom is 0.238 e. The zero-order chi connectivity index (χ0) is 17.1. The summed E-state index contributed by atoms with van der Waals surface area (Å²) in [6.07, 6.45) is 0. The van der Waals surface area contributed by atoms with E-state index in [2.05, 4.69) is 4.72 Å². The molecule has 0 spiro atoms. The van der Waals surface area contributed by atoms with Crippen LogP contribution in [0.15, 0.2) is 59.5 Å². The van der Waals surface area contributed by atoms with Crippen LogP contribution in [0, 0.1) is 0 Å². The number of nitrogens with two attached hydrogens (primary N) is 1. The second-order valence-corrected chi connectivity index (χ2v) is 8.52. The van der Waals surface area contributed by atoms with Crippen LogP contribution in [0.5, 0.6) is 0 Å². The van der Waals surface area contributed by atoms with E-state index in [1.165, 1.54) is 18.2 Å². The first-order valence-electron chi connectivity index (χ1n) is 6.84. The number of hydrogen-bond acceptors (Lipinski definition) is 4. The van der Waals surface area contributed by atoms with E-state index >= 15 is 0 Å². The van der Waals surface area contributed by atoms with Crippen molar-refractivity contribution in [2.75, 3.05) is 0 Å². The molecule has 0 heterocycles. The molecule has 0 bridgehead atoms. The first-order valence-corrected chi connectivity index (χ1v) is 10.0. The average molecular weight is 354 g/mol. The summed E-state index contributed by atoms with van der Waals surface area (Å²) in [7, 11) is -7.39. The molecule has 0 fully saturated rings. The van der Waals surface area contributed by atoms with E-state index in [0.29, 0.717) is 11.1 Å². The maximum atomic E-state index is 12.2. The normalized spacial score (nSPS) is 13.7. The van der Waals surface area contributed by atoms with E-state index in [-0.39, 0.29) is 10.6 Å². The van der Waals surface area contributed by atoms with Crippen LogP contribution in [0.3, 0.4) is 0 Å². The molecule has 124 valence electrons. The molecule has 2 aromatic rings. The molecule has 0 saturated heterocycles. The Morgan fingerprint density at radius 2 is 1.65 bits per heavy atom. The third-order valence-corrected chi connectivity index (χ3v) is 5.58. The van der Waals surface area contributed by atoms with Crippen LogP contribution >= 0.6 is 0 Å². The van der Waals surface area contributed by atoms with Crippen molar-refractivity contribution in [3.63, 3.8) is 0 Å². The number of sulfonamides is 2. The molecule has 6 nitrogen and oxygen atoms in total. The van der Waals surface area contributed by atoms with Crippen molar-refractivity contribution in [1.29, 1.82) is 0 Å². The monoisotopic (exact) mass is 354 g/mol. The fraction of sp³-hybridized carbons (Fsp3) is 0.200. The topological polar surface area (TPSA) is 106 Å². The van der Waals surface area contributed by atoms with Gasteiger partial charge in [0, 0.05) is 6.04 Å². The molecule has 0 aliphatic rings. The van der Waals surface area contributed by atoms with E-state index < -0.39 is 26.1 Å². The lowest BCUT2D eigenvalue weighted by molar-refractivity contribution is 0.566. The van der Waals surface area contributed by atoms with Gasteiger partial charge in [-0.05, 0) is 30.2 Å². The van der Waals surface area contributed by atoms with E-state index in [4.69, 9.17) is 5.14 Å². The van der Waals surface area contributed by atoms with Crippen molar-refractivity contribution >= 4 is 20.0 Å². The van der Waals surface area contributed by atoms with Crippen LogP contribution in [0.1, 0.15) is 24.1 Å². The molecule has 2 aromatic carbocycles. The highest BCUT2D eigenvalue weighted by molar-refractivity contribution is 7.89. The third kappa shape index (κ3) is 5.14. The Morgan fingerprint density at radius 3 is 2.26 bits per heavy atom. The Bertz CT molecular complexity index is 879. The minimum atomic E-state index is -3.83. The van der Waals surface area contributed by atoms with Crippen molar-refractivity contribution in [3.05, 3.63) is 65.7 Å². The van der Waals surface area contributed by atoms with Gasteiger partial charge in [0.25, 0.3) is 0 Å². The molecule has 0 aromatic heterocycles. The number of hydrogen-bond donors (Lipinski definition) is 2. The molecular formula is C15H18N2O4S2. The van der Waals surface area contributed by atoms with Gasteiger partial charge < -0.3 is 0 Å².